The predicted molar refractivity (Wildman–Crippen MR) is 164 cm³/mol. The number of nitrogens with one attached hydrogen (secondary N) is 1. The zero-order valence-electron chi connectivity index (χ0n) is 23.4. The van der Waals surface area contributed by atoms with Crippen LogP contribution in [-0.2, 0) is 32.6 Å². The van der Waals surface area contributed by atoms with Crippen molar-refractivity contribution in [2.45, 2.75) is 32.9 Å². The maximum atomic E-state index is 14.2. The molecule has 0 saturated carbocycles. The molecule has 1 aliphatic rings. The molecule has 12 heteroatoms. The van der Waals surface area contributed by atoms with Gasteiger partial charge in [-0.1, -0.05) is 59.6 Å². The van der Waals surface area contributed by atoms with Crippen molar-refractivity contribution in [2.24, 2.45) is 0 Å². The molecule has 0 spiro atoms. The zero-order chi connectivity index (χ0) is 30.3. The third-order valence-electron chi connectivity index (χ3n) is 6.81. The topological polar surface area (TPSA) is 105 Å². The molecular weight excluding hydrogens is 601 g/mol. The van der Waals surface area contributed by atoms with Gasteiger partial charge in [0.05, 0.1) is 11.4 Å². The van der Waals surface area contributed by atoms with Crippen molar-refractivity contribution in [1.29, 1.82) is 0 Å². The molecule has 0 fully saturated rings. The summed E-state index contributed by atoms with van der Waals surface area (Å²) in [6.45, 7) is 3.63. The minimum atomic E-state index is -3.94. The first-order chi connectivity index (χ1) is 20.1. The van der Waals surface area contributed by atoms with Crippen molar-refractivity contribution in [3.63, 3.8) is 0 Å². The molecule has 0 bridgehead atoms. The van der Waals surface area contributed by atoms with Crippen LogP contribution in [0.25, 0.3) is 0 Å². The molecule has 0 radical (unpaired) electrons. The number of fused-ring (bicyclic) bond motifs is 1. The lowest BCUT2D eigenvalue weighted by Crippen LogP contribution is -2.53. The Hall–Kier alpha value is -3.47. The highest BCUT2D eigenvalue weighted by molar-refractivity contribution is 7.92. The number of rotatable bonds is 12. The maximum Gasteiger partial charge on any atom is 0.244 e. The Labute approximate surface area is 256 Å². The van der Waals surface area contributed by atoms with Crippen molar-refractivity contribution in [1.82, 2.24) is 10.2 Å². The number of halogens is 2. The molecule has 4 rings (SSSR count). The van der Waals surface area contributed by atoms with Crippen LogP contribution in [0, 0.1) is 0 Å². The molecule has 1 atom stereocenters. The molecule has 3 aromatic rings. The van der Waals surface area contributed by atoms with Crippen LogP contribution in [0.5, 0.6) is 11.5 Å². The summed E-state index contributed by atoms with van der Waals surface area (Å²) >= 11 is 13.0. The van der Waals surface area contributed by atoms with Crippen LogP contribution >= 0.6 is 23.2 Å². The van der Waals surface area contributed by atoms with E-state index in [-0.39, 0.29) is 30.3 Å². The van der Waals surface area contributed by atoms with Gasteiger partial charge in [-0.05, 0) is 43.7 Å². The number of sulfonamides is 1. The highest BCUT2D eigenvalue weighted by Gasteiger charge is 2.34. The Bertz CT molecular complexity index is 1500. The molecule has 1 heterocycles. The monoisotopic (exact) mass is 633 g/mol. The third-order valence-corrected chi connectivity index (χ3v) is 9.25. The summed E-state index contributed by atoms with van der Waals surface area (Å²) in [5.74, 6) is -0.382. The Morgan fingerprint density at radius 3 is 2.24 bits per heavy atom. The first-order valence-electron chi connectivity index (χ1n) is 13.6. The number of carbonyl (C=O) groups is 2. The number of benzene rings is 3. The van der Waals surface area contributed by atoms with Crippen LogP contribution in [0.4, 0.5) is 5.69 Å². The largest absolute Gasteiger partial charge is 0.486 e. The van der Waals surface area contributed by atoms with Gasteiger partial charge in [0.25, 0.3) is 0 Å². The fraction of sp³-hybridized carbons (Fsp3) is 0.333. The highest BCUT2D eigenvalue weighted by Crippen LogP contribution is 2.35. The molecule has 2 amide bonds. The van der Waals surface area contributed by atoms with E-state index in [4.69, 9.17) is 32.7 Å². The zero-order valence-corrected chi connectivity index (χ0v) is 25.7. The van der Waals surface area contributed by atoms with Gasteiger partial charge in [0.1, 0.15) is 25.8 Å². The van der Waals surface area contributed by atoms with Crippen LogP contribution in [0.2, 0.25) is 10.0 Å². The van der Waals surface area contributed by atoms with Crippen molar-refractivity contribution >= 4 is 50.7 Å². The molecule has 0 aromatic heterocycles. The average Bonchev–Trinajstić information content (AvgIpc) is 2.99. The lowest BCUT2D eigenvalue weighted by Gasteiger charge is -2.34. The lowest BCUT2D eigenvalue weighted by molar-refractivity contribution is -0.140. The van der Waals surface area contributed by atoms with Crippen molar-refractivity contribution in [3.8, 4) is 11.5 Å². The summed E-state index contributed by atoms with van der Waals surface area (Å²) in [6, 6.07) is 18.0. The number of likely N-dealkylation sites (N-methyl/N-ethyl adjacent to an activating group) is 1. The molecule has 42 heavy (non-hydrogen) atoms. The predicted octanol–water partition coefficient (Wildman–Crippen LogP) is 4.70. The molecule has 1 aliphatic heterocycles. The molecule has 0 unspecified atom stereocenters. The van der Waals surface area contributed by atoms with E-state index in [1.54, 1.807) is 37.3 Å². The van der Waals surface area contributed by atoms with E-state index in [0.29, 0.717) is 46.9 Å². The van der Waals surface area contributed by atoms with E-state index in [1.165, 1.54) is 17.9 Å². The fourth-order valence-corrected chi connectivity index (χ4v) is 6.18. The average molecular weight is 635 g/mol. The third kappa shape index (κ3) is 7.48. The van der Waals surface area contributed by atoms with Gasteiger partial charge in [-0.15, -0.1) is 0 Å². The van der Waals surface area contributed by atoms with E-state index in [0.717, 1.165) is 9.87 Å². The quantitative estimate of drug-likeness (QED) is 0.310. The maximum absolute atomic E-state index is 14.2. The smallest absolute Gasteiger partial charge is 0.244 e. The van der Waals surface area contributed by atoms with Gasteiger partial charge in [-0.3, -0.25) is 13.9 Å². The van der Waals surface area contributed by atoms with Crippen molar-refractivity contribution < 1.29 is 27.5 Å². The number of amides is 2. The second-order valence-electron chi connectivity index (χ2n) is 9.56. The fourth-order valence-electron chi connectivity index (χ4n) is 4.61. The van der Waals surface area contributed by atoms with Crippen molar-refractivity contribution in [2.75, 3.05) is 36.4 Å². The van der Waals surface area contributed by atoms with E-state index in [1.807, 2.05) is 30.3 Å². The van der Waals surface area contributed by atoms with E-state index < -0.39 is 28.5 Å². The first kappa shape index (κ1) is 31.5. The normalized spacial score (nSPS) is 13.2. The van der Waals surface area contributed by atoms with Gasteiger partial charge < -0.3 is 19.7 Å². The number of hydrogen-bond acceptors (Lipinski definition) is 6. The molecule has 3 aromatic carbocycles. The number of carbonyl (C=O) groups excluding carboxylic acids is 2. The summed E-state index contributed by atoms with van der Waals surface area (Å²) in [5, 5.41) is 3.45. The summed E-state index contributed by atoms with van der Waals surface area (Å²) in [5.41, 5.74) is 1.50. The van der Waals surface area contributed by atoms with Crippen molar-refractivity contribution in [3.05, 3.63) is 87.9 Å². The van der Waals surface area contributed by atoms with Crippen LogP contribution < -0.4 is 19.1 Å². The summed E-state index contributed by atoms with van der Waals surface area (Å²) in [7, 11) is -3.94. The molecule has 224 valence electrons. The van der Waals surface area contributed by atoms with E-state index in [9.17, 15) is 18.0 Å². The number of hydrogen-bond donors (Lipinski definition) is 1. The summed E-state index contributed by atoms with van der Waals surface area (Å²) in [6.07, 6.45) is 0.186. The molecule has 1 N–H and O–H groups in total. The Morgan fingerprint density at radius 2 is 1.60 bits per heavy atom. The van der Waals surface area contributed by atoms with E-state index >= 15 is 0 Å². The summed E-state index contributed by atoms with van der Waals surface area (Å²) in [4.78, 5) is 29.1. The first-order valence-corrected chi connectivity index (χ1v) is 15.9. The van der Waals surface area contributed by atoms with Gasteiger partial charge >= 0.3 is 0 Å². The second-order valence-corrected chi connectivity index (χ2v) is 12.6. The summed E-state index contributed by atoms with van der Waals surface area (Å²) < 4.78 is 39.0. The molecular formula is C30H33Cl2N3O6S. The molecule has 0 aliphatic carbocycles. The SMILES string of the molecule is CCNC(=O)[C@H](Cc1ccccc1)N(Cc1c(Cl)cccc1Cl)C(=O)CN(c1ccc2c(c1)OCCO2)S(=O)(=O)CC. The van der Waals surface area contributed by atoms with Gasteiger partial charge in [0, 0.05) is 41.2 Å². The van der Waals surface area contributed by atoms with E-state index in [2.05, 4.69) is 5.32 Å². The molecule has 9 nitrogen and oxygen atoms in total. The van der Waals surface area contributed by atoms with Gasteiger partial charge in [-0.25, -0.2) is 8.42 Å². The number of nitrogens with zero attached hydrogens (tertiary/aromatic N) is 2. The van der Waals surface area contributed by atoms with Crippen LogP contribution in [0.3, 0.4) is 0 Å². The second kappa shape index (κ2) is 14.1. The number of anilines is 1. The molecule has 0 saturated heterocycles. The van der Waals surface area contributed by atoms with Gasteiger partial charge in [0.2, 0.25) is 21.8 Å². The minimum absolute atomic E-state index is 0.118. The minimum Gasteiger partial charge on any atom is -0.486 e. The van der Waals surface area contributed by atoms with Crippen LogP contribution in [-0.4, -0.2) is 63.2 Å². The number of ether oxygens (including phenoxy) is 2. The standard InChI is InChI=1S/C30H33Cl2N3O6S/c1-3-33-30(37)26(17-21-9-6-5-7-10-21)34(19-23-24(31)11-8-12-25(23)32)29(36)20-35(42(38,39)4-2)22-13-14-27-28(18-22)41-16-15-40-27/h5-14,18,26H,3-4,15-17,19-20H2,1-2H3,(H,33,37)/t26-/m0/s1. The van der Waals surface area contributed by atoms with Gasteiger partial charge in [0.15, 0.2) is 11.5 Å². The van der Waals surface area contributed by atoms with Crippen LogP contribution in [0.1, 0.15) is 25.0 Å². The Balaban J connectivity index is 1.77. The lowest BCUT2D eigenvalue weighted by atomic mass is 10.0. The highest BCUT2D eigenvalue weighted by atomic mass is 35.5. The Morgan fingerprint density at radius 1 is 0.929 bits per heavy atom. The van der Waals surface area contributed by atoms with Crippen LogP contribution in [0.15, 0.2) is 66.7 Å². The Kier molecular flexibility index (Phi) is 10.6. The van der Waals surface area contributed by atoms with Gasteiger partial charge in [-0.2, -0.15) is 0 Å².